The van der Waals surface area contributed by atoms with Crippen molar-refractivity contribution in [1.29, 1.82) is 5.26 Å². The molecule has 136 valence electrons. The summed E-state index contributed by atoms with van der Waals surface area (Å²) in [5.74, 6) is 0.315. The van der Waals surface area contributed by atoms with Crippen LogP contribution in [0.3, 0.4) is 0 Å². The lowest BCUT2D eigenvalue weighted by Crippen LogP contribution is -2.23. The van der Waals surface area contributed by atoms with Gasteiger partial charge in [0.25, 0.3) is 0 Å². The van der Waals surface area contributed by atoms with E-state index in [1.54, 1.807) is 30.6 Å². The first kappa shape index (κ1) is 18.7. The molecule has 1 unspecified atom stereocenters. The first-order valence-electron chi connectivity index (χ1n) is 8.63. The van der Waals surface area contributed by atoms with Crippen molar-refractivity contribution in [1.82, 2.24) is 10.3 Å². The fourth-order valence-electron chi connectivity index (χ4n) is 3.33. The molecule has 0 fully saturated rings. The van der Waals surface area contributed by atoms with Gasteiger partial charge in [0.1, 0.15) is 10.8 Å². The van der Waals surface area contributed by atoms with Gasteiger partial charge in [0.05, 0.1) is 31.2 Å². The van der Waals surface area contributed by atoms with Gasteiger partial charge in [0.2, 0.25) is 0 Å². The molecular formula is C21H20N4OS. The van der Waals surface area contributed by atoms with Crippen LogP contribution in [-0.2, 0) is 6.42 Å². The highest BCUT2D eigenvalue weighted by atomic mass is 32.1. The predicted molar refractivity (Wildman–Crippen MR) is 107 cm³/mol. The van der Waals surface area contributed by atoms with E-state index in [4.69, 9.17) is 11.3 Å². The van der Waals surface area contributed by atoms with Gasteiger partial charge in [-0.25, -0.2) is 9.83 Å². The van der Waals surface area contributed by atoms with Crippen molar-refractivity contribution in [3.8, 4) is 11.8 Å². The Morgan fingerprint density at radius 2 is 2.15 bits per heavy atom. The van der Waals surface area contributed by atoms with Gasteiger partial charge in [0, 0.05) is 28.0 Å². The van der Waals surface area contributed by atoms with Gasteiger partial charge in [-0.3, -0.25) is 0 Å². The SMILES string of the molecule is [C-]#[N+]C1=C(C)NC(C)=C(c2ncc(CC)s2)C1c1ccc(C#N)cc1OC. The summed E-state index contributed by atoms with van der Waals surface area (Å²) < 4.78 is 5.58. The van der Waals surface area contributed by atoms with Gasteiger partial charge in [-0.1, -0.05) is 13.0 Å². The Hall–Kier alpha value is -3.09. The maximum atomic E-state index is 9.21. The molecular weight excluding hydrogens is 356 g/mol. The number of thiazole rings is 1. The van der Waals surface area contributed by atoms with Crippen molar-refractivity contribution in [3.63, 3.8) is 0 Å². The largest absolute Gasteiger partial charge is 0.496 e. The van der Waals surface area contributed by atoms with Crippen LogP contribution in [0.1, 0.15) is 47.7 Å². The number of ether oxygens (including phenoxy) is 1. The summed E-state index contributed by atoms with van der Waals surface area (Å²) >= 11 is 1.65. The molecule has 0 aliphatic carbocycles. The molecule has 0 bridgehead atoms. The lowest BCUT2D eigenvalue weighted by atomic mass is 9.83. The summed E-state index contributed by atoms with van der Waals surface area (Å²) in [5, 5.41) is 13.4. The number of allylic oxidation sites excluding steroid dienone is 3. The van der Waals surface area contributed by atoms with E-state index in [0.29, 0.717) is 17.0 Å². The summed E-state index contributed by atoms with van der Waals surface area (Å²) in [6, 6.07) is 7.51. The number of aromatic nitrogens is 1. The number of nitrogens with one attached hydrogen (secondary N) is 1. The van der Waals surface area contributed by atoms with Crippen molar-refractivity contribution in [2.45, 2.75) is 33.1 Å². The number of nitrogens with zero attached hydrogens (tertiary/aromatic N) is 3. The number of benzene rings is 1. The zero-order chi connectivity index (χ0) is 19.6. The minimum absolute atomic E-state index is 0.290. The van der Waals surface area contributed by atoms with Gasteiger partial charge >= 0.3 is 0 Å². The van der Waals surface area contributed by atoms with E-state index in [2.05, 4.69) is 28.1 Å². The predicted octanol–water partition coefficient (Wildman–Crippen LogP) is 4.85. The summed E-state index contributed by atoms with van der Waals surface area (Å²) in [7, 11) is 1.59. The van der Waals surface area contributed by atoms with Gasteiger partial charge < -0.3 is 10.1 Å². The lowest BCUT2D eigenvalue weighted by molar-refractivity contribution is 0.409. The maximum absolute atomic E-state index is 9.21. The van der Waals surface area contributed by atoms with Crippen LogP contribution < -0.4 is 10.1 Å². The Morgan fingerprint density at radius 1 is 1.37 bits per heavy atom. The van der Waals surface area contributed by atoms with E-state index < -0.39 is 0 Å². The zero-order valence-electron chi connectivity index (χ0n) is 15.8. The van der Waals surface area contributed by atoms with Crippen molar-refractivity contribution in [2.24, 2.45) is 0 Å². The van der Waals surface area contributed by atoms with E-state index >= 15 is 0 Å². The third-order valence-electron chi connectivity index (χ3n) is 4.65. The molecule has 1 aliphatic rings. The zero-order valence-corrected chi connectivity index (χ0v) is 16.6. The third kappa shape index (κ3) is 3.32. The van der Waals surface area contributed by atoms with Crippen LogP contribution >= 0.6 is 11.3 Å². The molecule has 1 aromatic heterocycles. The summed E-state index contributed by atoms with van der Waals surface area (Å²) in [5.41, 5.74) is 4.81. The second-order valence-corrected chi connectivity index (χ2v) is 7.39. The second kappa shape index (κ2) is 7.65. The van der Waals surface area contributed by atoms with Crippen LogP contribution in [0, 0.1) is 17.9 Å². The highest BCUT2D eigenvalue weighted by Crippen LogP contribution is 2.47. The monoisotopic (exact) mass is 376 g/mol. The van der Waals surface area contributed by atoms with Crippen LogP contribution in [0.15, 0.2) is 41.5 Å². The van der Waals surface area contributed by atoms with Crippen LogP contribution in [0.25, 0.3) is 10.4 Å². The Bertz CT molecular complexity index is 1030. The average Bonchev–Trinajstić information content (AvgIpc) is 3.15. The van der Waals surface area contributed by atoms with Crippen molar-refractivity contribution in [2.75, 3.05) is 7.11 Å². The number of hydrogen-bond acceptors (Lipinski definition) is 5. The molecule has 5 nitrogen and oxygen atoms in total. The van der Waals surface area contributed by atoms with Crippen LogP contribution in [0.5, 0.6) is 5.75 Å². The average molecular weight is 376 g/mol. The molecule has 0 spiro atoms. The molecule has 0 amide bonds. The van der Waals surface area contributed by atoms with Crippen LogP contribution in [-0.4, -0.2) is 12.1 Å². The van der Waals surface area contributed by atoms with E-state index in [9.17, 15) is 5.26 Å². The van der Waals surface area contributed by atoms with Crippen LogP contribution in [0.2, 0.25) is 0 Å². The van der Waals surface area contributed by atoms with E-state index in [1.165, 1.54) is 4.88 Å². The summed E-state index contributed by atoms with van der Waals surface area (Å²) in [6.45, 7) is 13.8. The second-order valence-electron chi connectivity index (χ2n) is 6.27. The highest BCUT2D eigenvalue weighted by Gasteiger charge is 2.34. The molecule has 1 N–H and O–H groups in total. The Kier molecular flexibility index (Phi) is 5.30. The van der Waals surface area contributed by atoms with E-state index in [-0.39, 0.29) is 5.92 Å². The topological polar surface area (TPSA) is 62.3 Å². The molecule has 3 rings (SSSR count). The molecule has 0 radical (unpaired) electrons. The number of nitriles is 1. The maximum Gasteiger partial charge on any atom is 0.195 e. The number of dihydropyridines is 1. The first-order valence-corrected chi connectivity index (χ1v) is 9.44. The molecule has 0 saturated carbocycles. The van der Waals surface area contributed by atoms with Crippen molar-refractivity contribution in [3.05, 3.63) is 73.9 Å². The molecule has 1 aromatic carbocycles. The Labute approximate surface area is 163 Å². The highest BCUT2D eigenvalue weighted by molar-refractivity contribution is 7.12. The smallest absolute Gasteiger partial charge is 0.195 e. The lowest BCUT2D eigenvalue weighted by Gasteiger charge is -2.29. The molecule has 1 atom stereocenters. The summed E-state index contributed by atoms with van der Waals surface area (Å²) in [6.07, 6.45) is 2.82. The molecule has 2 aromatic rings. The number of methoxy groups -OCH3 is 1. The number of aryl methyl sites for hydroxylation is 1. The Balaban J connectivity index is 2.25. The normalized spacial score (nSPS) is 16.6. The molecule has 1 aliphatic heterocycles. The standard InChI is InChI=1S/C21H20N4OS/c1-6-15-11-24-21(27-15)18-12(2)25-13(3)20(23-4)19(18)16-8-7-14(10-22)9-17(16)26-5/h7-9,11,19,25H,6H2,1-3,5H3. The van der Waals surface area contributed by atoms with Crippen molar-refractivity contribution >= 4 is 16.9 Å². The van der Waals surface area contributed by atoms with Crippen molar-refractivity contribution < 1.29 is 4.74 Å². The Morgan fingerprint density at radius 3 is 2.74 bits per heavy atom. The van der Waals surface area contributed by atoms with Gasteiger partial charge in [0.15, 0.2) is 5.70 Å². The van der Waals surface area contributed by atoms with Gasteiger partial charge in [-0.05, 0) is 38.0 Å². The van der Waals surface area contributed by atoms with Gasteiger partial charge in [-0.2, -0.15) is 5.26 Å². The fourth-order valence-corrected chi connectivity index (χ4v) is 4.32. The number of rotatable bonds is 4. The number of hydrogen-bond donors (Lipinski definition) is 1. The molecule has 0 saturated heterocycles. The third-order valence-corrected chi connectivity index (χ3v) is 5.83. The van der Waals surface area contributed by atoms with Crippen LogP contribution in [0.4, 0.5) is 0 Å². The first-order chi connectivity index (χ1) is 13.0. The minimum atomic E-state index is -0.290. The van der Waals surface area contributed by atoms with E-state index in [1.807, 2.05) is 26.1 Å². The minimum Gasteiger partial charge on any atom is -0.496 e. The fraction of sp³-hybridized carbons (Fsp3) is 0.286. The van der Waals surface area contributed by atoms with E-state index in [0.717, 1.165) is 34.0 Å². The van der Waals surface area contributed by atoms with Gasteiger partial charge in [-0.15, -0.1) is 11.3 Å². The molecule has 27 heavy (non-hydrogen) atoms. The quantitative estimate of drug-likeness (QED) is 0.775. The molecule has 2 heterocycles. The molecule has 6 heteroatoms. The summed E-state index contributed by atoms with van der Waals surface area (Å²) in [4.78, 5) is 9.65.